The maximum Gasteiger partial charge on any atom is 0.159 e. The van der Waals surface area contributed by atoms with Crippen molar-refractivity contribution < 1.29 is 0 Å². The van der Waals surface area contributed by atoms with Crippen molar-refractivity contribution in [1.82, 2.24) is 14.6 Å². The van der Waals surface area contributed by atoms with Gasteiger partial charge in [-0.3, -0.25) is 0 Å². The Morgan fingerprint density at radius 2 is 2.05 bits per heavy atom. The Bertz CT molecular complexity index is 817. The smallest absolute Gasteiger partial charge is 0.159 e. The van der Waals surface area contributed by atoms with E-state index in [2.05, 4.69) is 16.2 Å². The molecular formula is C14H11N5S. The number of fused-ring (bicyclic) bond motifs is 1. The minimum absolute atomic E-state index is 0.323. The van der Waals surface area contributed by atoms with E-state index in [1.807, 2.05) is 42.7 Å². The lowest BCUT2D eigenvalue weighted by Gasteiger charge is -2.04. The van der Waals surface area contributed by atoms with Crippen LogP contribution in [0.4, 0.5) is 5.82 Å². The van der Waals surface area contributed by atoms with E-state index in [9.17, 15) is 5.26 Å². The lowest BCUT2D eigenvalue weighted by molar-refractivity contribution is 0.924. The zero-order valence-corrected chi connectivity index (χ0v) is 11.6. The van der Waals surface area contributed by atoms with Crippen LogP contribution in [0.25, 0.3) is 16.9 Å². The summed E-state index contributed by atoms with van der Waals surface area (Å²) in [5, 5.41) is 14.2. The number of benzene rings is 1. The Labute approximate surface area is 120 Å². The molecular weight excluding hydrogens is 270 g/mol. The van der Waals surface area contributed by atoms with Crippen LogP contribution in [0.15, 0.2) is 41.4 Å². The van der Waals surface area contributed by atoms with Crippen molar-refractivity contribution in [2.45, 2.75) is 5.03 Å². The summed E-state index contributed by atoms with van der Waals surface area (Å²) in [5.41, 5.74) is 8.81. The molecule has 2 aromatic heterocycles. The van der Waals surface area contributed by atoms with E-state index < -0.39 is 0 Å². The molecule has 0 aliphatic rings. The van der Waals surface area contributed by atoms with Crippen molar-refractivity contribution >= 4 is 23.2 Å². The molecule has 0 saturated heterocycles. The van der Waals surface area contributed by atoms with Crippen molar-refractivity contribution in [1.29, 1.82) is 5.26 Å². The summed E-state index contributed by atoms with van der Waals surface area (Å²) >= 11 is 1.40. The fourth-order valence-corrected chi connectivity index (χ4v) is 2.55. The third kappa shape index (κ3) is 1.89. The van der Waals surface area contributed by atoms with Crippen LogP contribution in [0.3, 0.4) is 0 Å². The van der Waals surface area contributed by atoms with Crippen LogP contribution in [0.1, 0.15) is 5.56 Å². The van der Waals surface area contributed by atoms with E-state index in [0.29, 0.717) is 22.1 Å². The van der Waals surface area contributed by atoms with Crippen molar-refractivity contribution in [3.8, 4) is 17.3 Å². The van der Waals surface area contributed by atoms with Gasteiger partial charge in [-0.15, -0.1) is 11.8 Å². The van der Waals surface area contributed by atoms with E-state index in [1.54, 1.807) is 0 Å². The van der Waals surface area contributed by atoms with Crippen molar-refractivity contribution in [3.63, 3.8) is 0 Å². The molecule has 0 aliphatic carbocycles. The summed E-state index contributed by atoms with van der Waals surface area (Å²) in [5.74, 6) is 0.323. The standard InChI is InChI=1S/C14H11N5S/c1-20-14-10(8-15)13(16)19-12(17-14)7-11(18-19)9-5-3-2-4-6-9/h2-7H,16H2,1H3. The number of nitriles is 1. The molecule has 0 spiro atoms. The van der Waals surface area contributed by atoms with Gasteiger partial charge in [-0.25, -0.2) is 4.98 Å². The number of aromatic nitrogens is 3. The van der Waals surface area contributed by atoms with Gasteiger partial charge < -0.3 is 5.73 Å². The molecule has 6 heteroatoms. The van der Waals surface area contributed by atoms with Crippen molar-refractivity contribution in [2.75, 3.05) is 12.0 Å². The summed E-state index contributed by atoms with van der Waals surface area (Å²) < 4.78 is 1.51. The zero-order chi connectivity index (χ0) is 14.1. The molecule has 0 aliphatic heterocycles. The lowest BCUT2D eigenvalue weighted by atomic mass is 10.2. The average Bonchev–Trinajstić information content (AvgIpc) is 2.92. The van der Waals surface area contributed by atoms with E-state index in [1.165, 1.54) is 16.3 Å². The first kappa shape index (κ1) is 12.5. The molecule has 0 fully saturated rings. The molecule has 0 unspecified atom stereocenters. The molecule has 3 aromatic rings. The highest BCUT2D eigenvalue weighted by Gasteiger charge is 2.15. The SMILES string of the molecule is CSc1nc2cc(-c3ccccc3)nn2c(N)c1C#N. The number of rotatable bonds is 2. The Morgan fingerprint density at radius 3 is 2.70 bits per heavy atom. The fraction of sp³-hybridized carbons (Fsp3) is 0.0714. The number of anilines is 1. The van der Waals surface area contributed by atoms with Gasteiger partial charge in [-0.2, -0.15) is 14.9 Å². The number of hydrogen-bond donors (Lipinski definition) is 1. The van der Waals surface area contributed by atoms with E-state index in [4.69, 9.17) is 5.73 Å². The van der Waals surface area contributed by atoms with Crippen LogP contribution in [0.2, 0.25) is 0 Å². The Balaban J connectivity index is 2.27. The van der Waals surface area contributed by atoms with Crippen molar-refractivity contribution in [2.24, 2.45) is 0 Å². The summed E-state index contributed by atoms with van der Waals surface area (Å²) in [6, 6.07) is 13.7. The lowest BCUT2D eigenvalue weighted by Crippen LogP contribution is -2.05. The van der Waals surface area contributed by atoms with Gasteiger partial charge in [0, 0.05) is 11.6 Å². The molecule has 2 heterocycles. The normalized spacial score (nSPS) is 10.6. The molecule has 98 valence electrons. The number of hydrogen-bond acceptors (Lipinski definition) is 5. The second-order valence-corrected chi connectivity index (χ2v) is 4.95. The van der Waals surface area contributed by atoms with Gasteiger partial charge in [-0.1, -0.05) is 30.3 Å². The van der Waals surface area contributed by atoms with E-state index >= 15 is 0 Å². The molecule has 2 N–H and O–H groups in total. The largest absolute Gasteiger partial charge is 0.382 e. The first-order valence-electron chi connectivity index (χ1n) is 5.93. The Morgan fingerprint density at radius 1 is 1.30 bits per heavy atom. The topological polar surface area (TPSA) is 80.0 Å². The molecule has 0 bridgehead atoms. The summed E-state index contributed by atoms with van der Waals surface area (Å²) in [7, 11) is 0. The summed E-state index contributed by atoms with van der Waals surface area (Å²) in [4.78, 5) is 4.43. The molecule has 0 amide bonds. The van der Waals surface area contributed by atoms with Gasteiger partial charge in [0.1, 0.15) is 22.5 Å². The van der Waals surface area contributed by atoms with Gasteiger partial charge in [0.05, 0.1) is 5.69 Å². The molecule has 20 heavy (non-hydrogen) atoms. The van der Waals surface area contributed by atoms with Gasteiger partial charge in [0.2, 0.25) is 0 Å². The summed E-state index contributed by atoms with van der Waals surface area (Å²) in [6.07, 6.45) is 1.87. The van der Waals surface area contributed by atoms with Crippen LogP contribution in [0.5, 0.6) is 0 Å². The molecule has 0 atom stereocenters. The molecule has 0 saturated carbocycles. The predicted molar refractivity (Wildman–Crippen MR) is 79.3 cm³/mol. The number of nitrogen functional groups attached to an aromatic ring is 1. The third-order valence-electron chi connectivity index (χ3n) is 2.98. The Hall–Kier alpha value is -2.52. The molecule has 5 nitrogen and oxygen atoms in total. The highest BCUT2D eigenvalue weighted by atomic mass is 32.2. The average molecular weight is 281 g/mol. The Kier molecular flexibility index (Phi) is 3.05. The van der Waals surface area contributed by atoms with Crippen LogP contribution >= 0.6 is 11.8 Å². The number of nitrogens with zero attached hydrogens (tertiary/aromatic N) is 4. The first-order valence-corrected chi connectivity index (χ1v) is 7.16. The summed E-state index contributed by atoms with van der Waals surface area (Å²) in [6.45, 7) is 0. The van der Waals surface area contributed by atoms with E-state index in [0.717, 1.165) is 11.3 Å². The van der Waals surface area contributed by atoms with Crippen LogP contribution < -0.4 is 5.73 Å². The quantitative estimate of drug-likeness (QED) is 0.577. The molecule has 0 radical (unpaired) electrons. The first-order chi connectivity index (χ1) is 9.74. The fourth-order valence-electron chi connectivity index (χ4n) is 2.01. The van der Waals surface area contributed by atoms with E-state index in [-0.39, 0.29) is 0 Å². The minimum atomic E-state index is 0.323. The van der Waals surface area contributed by atoms with Gasteiger partial charge in [0.25, 0.3) is 0 Å². The number of thioether (sulfide) groups is 1. The highest BCUT2D eigenvalue weighted by molar-refractivity contribution is 7.98. The minimum Gasteiger partial charge on any atom is -0.382 e. The van der Waals surface area contributed by atoms with Crippen LogP contribution in [0, 0.1) is 11.3 Å². The van der Waals surface area contributed by atoms with Crippen LogP contribution in [-0.4, -0.2) is 20.9 Å². The number of nitrogens with two attached hydrogens (primary N) is 1. The van der Waals surface area contributed by atoms with Crippen molar-refractivity contribution in [3.05, 3.63) is 42.0 Å². The second kappa shape index (κ2) is 4.87. The van der Waals surface area contributed by atoms with Gasteiger partial charge >= 0.3 is 0 Å². The molecule has 1 aromatic carbocycles. The highest BCUT2D eigenvalue weighted by Crippen LogP contribution is 2.26. The maximum atomic E-state index is 9.19. The predicted octanol–water partition coefficient (Wildman–Crippen LogP) is 2.57. The monoisotopic (exact) mass is 281 g/mol. The maximum absolute atomic E-state index is 9.19. The third-order valence-corrected chi connectivity index (χ3v) is 3.66. The van der Waals surface area contributed by atoms with Gasteiger partial charge in [-0.05, 0) is 6.26 Å². The molecule has 3 rings (SSSR count). The zero-order valence-electron chi connectivity index (χ0n) is 10.7. The van der Waals surface area contributed by atoms with Gasteiger partial charge in [0.15, 0.2) is 5.65 Å². The second-order valence-electron chi connectivity index (χ2n) is 4.16. The van der Waals surface area contributed by atoms with Crippen LogP contribution in [-0.2, 0) is 0 Å².